The number of aryl methyl sites for hydroxylation is 1. The molecular weight excluding hydrogens is 188 g/mol. The number of hydrogen-bond acceptors (Lipinski definition) is 3. The minimum Gasteiger partial charge on any atom is -0.316 e. The van der Waals surface area contributed by atoms with Gasteiger partial charge in [0.2, 0.25) is 0 Å². The summed E-state index contributed by atoms with van der Waals surface area (Å²) in [5, 5.41) is 7.87. The Balaban J connectivity index is 2.35. The van der Waals surface area contributed by atoms with E-state index in [0.717, 1.165) is 31.2 Å². The lowest BCUT2D eigenvalue weighted by molar-refractivity contribution is 0.461. The van der Waals surface area contributed by atoms with Crippen molar-refractivity contribution in [3.8, 4) is 0 Å². The van der Waals surface area contributed by atoms with E-state index < -0.39 is 0 Å². The molecule has 4 heteroatoms. The summed E-state index contributed by atoms with van der Waals surface area (Å²) in [5.74, 6) is 2.49. The SMILES string of the molecule is CC(C)c1nc(C2(C)CCNC2)n(C)n1. The summed E-state index contributed by atoms with van der Waals surface area (Å²) in [6.45, 7) is 8.63. The van der Waals surface area contributed by atoms with Crippen molar-refractivity contribution in [2.45, 2.75) is 38.5 Å². The highest BCUT2D eigenvalue weighted by atomic mass is 15.3. The molecule has 0 amide bonds. The van der Waals surface area contributed by atoms with Crippen molar-refractivity contribution < 1.29 is 0 Å². The maximum atomic E-state index is 4.67. The molecule has 4 nitrogen and oxygen atoms in total. The van der Waals surface area contributed by atoms with Gasteiger partial charge in [0.25, 0.3) is 0 Å². The fraction of sp³-hybridized carbons (Fsp3) is 0.818. The fourth-order valence-electron chi connectivity index (χ4n) is 2.18. The van der Waals surface area contributed by atoms with Crippen LogP contribution in [0.4, 0.5) is 0 Å². The van der Waals surface area contributed by atoms with E-state index in [1.54, 1.807) is 0 Å². The molecule has 0 saturated carbocycles. The van der Waals surface area contributed by atoms with Gasteiger partial charge in [0.1, 0.15) is 5.82 Å². The molecule has 1 saturated heterocycles. The summed E-state index contributed by atoms with van der Waals surface area (Å²) in [7, 11) is 2.00. The molecule has 0 radical (unpaired) electrons. The topological polar surface area (TPSA) is 42.7 Å². The quantitative estimate of drug-likeness (QED) is 0.794. The van der Waals surface area contributed by atoms with Crippen LogP contribution >= 0.6 is 0 Å². The molecule has 1 fully saturated rings. The largest absolute Gasteiger partial charge is 0.316 e. The lowest BCUT2D eigenvalue weighted by atomic mass is 9.89. The Labute approximate surface area is 91.1 Å². The maximum absolute atomic E-state index is 4.67. The standard InChI is InChI=1S/C11H20N4/c1-8(2)9-13-10(15(4)14-9)11(3)5-6-12-7-11/h8,12H,5-7H2,1-4H3. The molecule has 0 aromatic carbocycles. The van der Waals surface area contributed by atoms with Gasteiger partial charge in [-0.1, -0.05) is 20.8 Å². The van der Waals surface area contributed by atoms with Crippen LogP contribution in [0.15, 0.2) is 0 Å². The van der Waals surface area contributed by atoms with Crippen molar-refractivity contribution in [1.29, 1.82) is 0 Å². The number of rotatable bonds is 2. The summed E-state index contributed by atoms with van der Waals surface area (Å²) < 4.78 is 1.95. The normalized spacial score (nSPS) is 26.5. The van der Waals surface area contributed by atoms with Gasteiger partial charge >= 0.3 is 0 Å². The first-order chi connectivity index (χ1) is 7.03. The van der Waals surface area contributed by atoms with Crippen LogP contribution in [0.5, 0.6) is 0 Å². The first-order valence-corrected chi connectivity index (χ1v) is 5.65. The Morgan fingerprint density at radius 2 is 2.20 bits per heavy atom. The first-order valence-electron chi connectivity index (χ1n) is 5.65. The Morgan fingerprint density at radius 1 is 1.47 bits per heavy atom. The van der Waals surface area contributed by atoms with Crippen LogP contribution in [0.1, 0.15) is 44.8 Å². The van der Waals surface area contributed by atoms with Gasteiger partial charge in [-0.15, -0.1) is 0 Å². The van der Waals surface area contributed by atoms with E-state index in [1.165, 1.54) is 0 Å². The number of nitrogens with one attached hydrogen (secondary N) is 1. The van der Waals surface area contributed by atoms with Gasteiger partial charge in [-0.2, -0.15) is 5.10 Å². The second kappa shape index (κ2) is 3.59. The third-order valence-electron chi connectivity index (χ3n) is 3.20. The highest BCUT2D eigenvalue weighted by Gasteiger charge is 2.35. The summed E-state index contributed by atoms with van der Waals surface area (Å²) in [4.78, 5) is 4.67. The van der Waals surface area contributed by atoms with Crippen molar-refractivity contribution in [3.05, 3.63) is 11.6 Å². The van der Waals surface area contributed by atoms with Crippen LogP contribution in [-0.2, 0) is 12.5 Å². The number of hydrogen-bond donors (Lipinski definition) is 1. The summed E-state index contributed by atoms with van der Waals surface area (Å²) in [6, 6.07) is 0. The minimum atomic E-state index is 0.162. The third kappa shape index (κ3) is 1.78. The predicted octanol–water partition coefficient (Wildman–Crippen LogP) is 1.19. The predicted molar refractivity (Wildman–Crippen MR) is 59.9 cm³/mol. The van der Waals surface area contributed by atoms with Crippen molar-refractivity contribution in [2.24, 2.45) is 7.05 Å². The first kappa shape index (κ1) is 10.6. The Morgan fingerprint density at radius 3 is 2.67 bits per heavy atom. The smallest absolute Gasteiger partial charge is 0.153 e. The van der Waals surface area contributed by atoms with Gasteiger partial charge in [-0.25, -0.2) is 4.98 Å². The van der Waals surface area contributed by atoms with Crippen LogP contribution in [0, 0.1) is 0 Å². The second-order valence-electron chi connectivity index (χ2n) is 5.06. The molecule has 1 aromatic rings. The van der Waals surface area contributed by atoms with E-state index in [4.69, 9.17) is 0 Å². The van der Waals surface area contributed by atoms with Crippen molar-refractivity contribution in [2.75, 3.05) is 13.1 Å². The van der Waals surface area contributed by atoms with Crippen LogP contribution in [0.3, 0.4) is 0 Å². The number of nitrogens with zero attached hydrogens (tertiary/aromatic N) is 3. The van der Waals surface area contributed by atoms with Gasteiger partial charge in [-0.05, 0) is 13.0 Å². The molecule has 0 bridgehead atoms. The van der Waals surface area contributed by atoms with Gasteiger partial charge in [0, 0.05) is 24.9 Å². The molecule has 0 aliphatic carbocycles. The van der Waals surface area contributed by atoms with Crippen LogP contribution < -0.4 is 5.32 Å². The lowest BCUT2D eigenvalue weighted by Crippen LogP contribution is -2.28. The van der Waals surface area contributed by atoms with Crippen molar-refractivity contribution in [3.63, 3.8) is 0 Å². The zero-order chi connectivity index (χ0) is 11.1. The van der Waals surface area contributed by atoms with E-state index in [1.807, 2.05) is 11.7 Å². The highest BCUT2D eigenvalue weighted by molar-refractivity contribution is 5.12. The van der Waals surface area contributed by atoms with Crippen molar-refractivity contribution in [1.82, 2.24) is 20.1 Å². The molecule has 1 aromatic heterocycles. The molecule has 2 heterocycles. The zero-order valence-corrected chi connectivity index (χ0v) is 10.0. The zero-order valence-electron chi connectivity index (χ0n) is 10.0. The van der Waals surface area contributed by atoms with Gasteiger partial charge in [0.05, 0.1) is 0 Å². The number of aromatic nitrogens is 3. The molecule has 1 atom stereocenters. The second-order valence-corrected chi connectivity index (χ2v) is 5.06. The van der Waals surface area contributed by atoms with E-state index in [-0.39, 0.29) is 5.41 Å². The lowest BCUT2D eigenvalue weighted by Gasteiger charge is -2.20. The molecule has 15 heavy (non-hydrogen) atoms. The molecule has 0 spiro atoms. The van der Waals surface area contributed by atoms with Crippen LogP contribution in [-0.4, -0.2) is 27.9 Å². The van der Waals surface area contributed by atoms with E-state index in [0.29, 0.717) is 5.92 Å². The third-order valence-corrected chi connectivity index (χ3v) is 3.20. The van der Waals surface area contributed by atoms with E-state index in [2.05, 4.69) is 36.2 Å². The molecule has 1 aliphatic heterocycles. The molecule has 2 rings (SSSR count). The van der Waals surface area contributed by atoms with Gasteiger partial charge in [-0.3, -0.25) is 4.68 Å². The van der Waals surface area contributed by atoms with E-state index >= 15 is 0 Å². The Hall–Kier alpha value is -0.900. The monoisotopic (exact) mass is 208 g/mol. The summed E-state index contributed by atoms with van der Waals surface area (Å²) in [6.07, 6.45) is 1.15. The van der Waals surface area contributed by atoms with Gasteiger partial charge < -0.3 is 5.32 Å². The van der Waals surface area contributed by atoms with E-state index in [9.17, 15) is 0 Å². The molecule has 84 valence electrons. The molecule has 1 N–H and O–H groups in total. The molecule has 1 unspecified atom stereocenters. The minimum absolute atomic E-state index is 0.162. The van der Waals surface area contributed by atoms with Gasteiger partial charge in [0.15, 0.2) is 5.82 Å². The summed E-state index contributed by atoms with van der Waals surface area (Å²) in [5.41, 5.74) is 0.162. The Bertz CT molecular complexity index is 347. The Kier molecular flexibility index (Phi) is 2.54. The van der Waals surface area contributed by atoms with Crippen molar-refractivity contribution >= 4 is 0 Å². The highest BCUT2D eigenvalue weighted by Crippen LogP contribution is 2.29. The van der Waals surface area contributed by atoms with Crippen LogP contribution in [0.2, 0.25) is 0 Å². The fourth-order valence-corrected chi connectivity index (χ4v) is 2.18. The average molecular weight is 208 g/mol. The molecular formula is C11H20N4. The maximum Gasteiger partial charge on any atom is 0.153 e. The van der Waals surface area contributed by atoms with Crippen LogP contribution in [0.25, 0.3) is 0 Å². The molecule has 1 aliphatic rings. The summed E-state index contributed by atoms with van der Waals surface area (Å²) >= 11 is 0. The average Bonchev–Trinajstić information content (AvgIpc) is 2.73.